The van der Waals surface area contributed by atoms with Crippen LogP contribution in [0.25, 0.3) is 0 Å². The molecule has 0 saturated carbocycles. The van der Waals surface area contributed by atoms with Crippen molar-refractivity contribution < 1.29 is 23.8 Å². The molecule has 0 amide bonds. The molecule has 0 atom stereocenters. The van der Waals surface area contributed by atoms with E-state index in [1.165, 1.54) is 0 Å². The fourth-order valence-electron chi connectivity index (χ4n) is 0.462. The average molecular weight is 146 g/mol. The number of esters is 2. The highest BCUT2D eigenvalue weighted by Crippen LogP contribution is 1.90. The quantitative estimate of drug-likeness (QED) is 0.413. The zero-order valence-corrected chi connectivity index (χ0v) is 5.16. The normalized spacial score (nSPS) is 20.4. The van der Waals surface area contributed by atoms with Gasteiger partial charge >= 0.3 is 11.9 Å². The van der Waals surface area contributed by atoms with Crippen LogP contribution in [0.1, 0.15) is 0 Å². The minimum Gasteiger partial charge on any atom is -0.426 e. The van der Waals surface area contributed by atoms with E-state index in [1.54, 1.807) is 0 Å². The molecule has 1 saturated heterocycles. The molecule has 1 fully saturated rings. The Morgan fingerprint density at radius 2 is 1.50 bits per heavy atom. The van der Waals surface area contributed by atoms with E-state index in [4.69, 9.17) is 0 Å². The minimum absolute atomic E-state index is 0.185. The lowest BCUT2D eigenvalue weighted by Crippen LogP contribution is -2.24. The molecule has 1 rings (SSSR count). The smallest absolute Gasteiger partial charge is 0.334 e. The van der Waals surface area contributed by atoms with Crippen LogP contribution in [0, 0.1) is 0 Å². The van der Waals surface area contributed by atoms with E-state index in [2.05, 4.69) is 14.2 Å². The minimum atomic E-state index is -0.521. The Hall–Kier alpha value is -1.10. The maximum atomic E-state index is 10.4. The van der Waals surface area contributed by atoms with Crippen LogP contribution in [0.4, 0.5) is 0 Å². The summed E-state index contributed by atoms with van der Waals surface area (Å²) in [6.45, 7) is -0.675. The van der Waals surface area contributed by atoms with E-state index in [0.29, 0.717) is 0 Å². The molecule has 0 N–H and O–H groups in total. The standard InChI is InChI=1S/C5H6O5/c6-4-1-8-2-5(7)10-3-9-4/h1-3H2. The van der Waals surface area contributed by atoms with Crippen LogP contribution < -0.4 is 0 Å². The van der Waals surface area contributed by atoms with Gasteiger partial charge in [-0.3, -0.25) is 0 Å². The van der Waals surface area contributed by atoms with Gasteiger partial charge in [-0.1, -0.05) is 0 Å². The van der Waals surface area contributed by atoms with Crippen molar-refractivity contribution in [2.24, 2.45) is 0 Å². The molecule has 0 spiro atoms. The third-order valence-electron chi connectivity index (χ3n) is 0.880. The van der Waals surface area contributed by atoms with E-state index >= 15 is 0 Å². The summed E-state index contributed by atoms with van der Waals surface area (Å²) in [4.78, 5) is 20.8. The summed E-state index contributed by atoms with van der Waals surface area (Å²) in [5.74, 6) is -1.04. The molecule has 5 heteroatoms. The highest BCUT2D eigenvalue weighted by atomic mass is 16.7. The first-order chi connectivity index (χ1) is 4.79. The summed E-state index contributed by atoms with van der Waals surface area (Å²) in [6, 6.07) is 0. The second kappa shape index (κ2) is 3.17. The van der Waals surface area contributed by atoms with Crippen molar-refractivity contribution in [3.05, 3.63) is 0 Å². The van der Waals surface area contributed by atoms with Crippen molar-refractivity contribution >= 4 is 11.9 Å². The molecule has 1 heterocycles. The predicted molar refractivity (Wildman–Crippen MR) is 27.9 cm³/mol. The lowest BCUT2D eigenvalue weighted by Gasteiger charge is -2.09. The lowest BCUT2D eigenvalue weighted by molar-refractivity contribution is -0.181. The molecule has 0 radical (unpaired) electrons. The van der Waals surface area contributed by atoms with Gasteiger partial charge in [-0.25, -0.2) is 9.59 Å². The second-order valence-corrected chi connectivity index (χ2v) is 1.64. The van der Waals surface area contributed by atoms with Gasteiger partial charge in [0, 0.05) is 0 Å². The fraction of sp³-hybridized carbons (Fsp3) is 0.600. The zero-order chi connectivity index (χ0) is 7.40. The van der Waals surface area contributed by atoms with Gasteiger partial charge in [-0.05, 0) is 0 Å². The van der Waals surface area contributed by atoms with Gasteiger partial charge in [0.25, 0.3) is 0 Å². The van der Waals surface area contributed by atoms with Gasteiger partial charge in [-0.2, -0.15) is 0 Å². The highest BCUT2D eigenvalue weighted by Gasteiger charge is 2.11. The van der Waals surface area contributed by atoms with Crippen molar-refractivity contribution in [1.29, 1.82) is 0 Å². The van der Waals surface area contributed by atoms with Crippen LogP contribution in [0.2, 0.25) is 0 Å². The molecule has 10 heavy (non-hydrogen) atoms. The summed E-state index contributed by atoms with van der Waals surface area (Å²) in [5, 5.41) is 0. The summed E-state index contributed by atoms with van der Waals surface area (Å²) in [6.07, 6.45) is 0. The molecule has 0 aromatic carbocycles. The lowest BCUT2D eigenvalue weighted by atomic mass is 10.6. The average Bonchev–Trinajstić information content (AvgIpc) is 1.84. The van der Waals surface area contributed by atoms with Crippen LogP contribution in [-0.4, -0.2) is 31.9 Å². The molecule has 0 bridgehead atoms. The van der Waals surface area contributed by atoms with E-state index < -0.39 is 11.9 Å². The van der Waals surface area contributed by atoms with E-state index in [1.807, 2.05) is 0 Å². The first-order valence-electron chi connectivity index (χ1n) is 2.68. The van der Waals surface area contributed by atoms with Crippen molar-refractivity contribution in [1.82, 2.24) is 0 Å². The molecule has 0 unspecified atom stereocenters. The third kappa shape index (κ3) is 2.02. The number of carbonyl (C=O) groups is 2. The summed E-state index contributed by atoms with van der Waals surface area (Å²) >= 11 is 0. The Morgan fingerprint density at radius 1 is 1.00 bits per heavy atom. The molecule has 5 nitrogen and oxygen atoms in total. The molecule has 1 aliphatic rings. The monoisotopic (exact) mass is 146 g/mol. The summed E-state index contributed by atoms with van der Waals surface area (Å²) in [7, 11) is 0. The maximum Gasteiger partial charge on any atom is 0.334 e. The molecule has 56 valence electrons. The van der Waals surface area contributed by atoms with Crippen LogP contribution in [0.15, 0.2) is 0 Å². The van der Waals surface area contributed by atoms with Crippen LogP contribution >= 0.6 is 0 Å². The highest BCUT2D eigenvalue weighted by molar-refractivity contribution is 5.74. The number of hydrogen-bond donors (Lipinski definition) is 0. The molecule has 1 aliphatic heterocycles. The van der Waals surface area contributed by atoms with E-state index in [9.17, 15) is 9.59 Å². The summed E-state index contributed by atoms with van der Waals surface area (Å²) < 4.78 is 13.2. The van der Waals surface area contributed by atoms with Gasteiger partial charge in [0.2, 0.25) is 6.79 Å². The second-order valence-electron chi connectivity index (χ2n) is 1.64. The third-order valence-corrected chi connectivity index (χ3v) is 0.880. The maximum absolute atomic E-state index is 10.4. The SMILES string of the molecule is O=C1COCC(=O)OCO1. The topological polar surface area (TPSA) is 61.8 Å². The largest absolute Gasteiger partial charge is 0.426 e. The van der Waals surface area contributed by atoms with Crippen molar-refractivity contribution in [2.75, 3.05) is 20.0 Å². The molecule has 0 aliphatic carbocycles. The molecular weight excluding hydrogens is 140 g/mol. The van der Waals surface area contributed by atoms with Crippen LogP contribution in [0.3, 0.4) is 0 Å². The van der Waals surface area contributed by atoms with Crippen LogP contribution in [0.5, 0.6) is 0 Å². The number of cyclic esters (lactones) is 2. The summed E-state index contributed by atoms with van der Waals surface area (Å²) in [5.41, 5.74) is 0. The first kappa shape index (κ1) is 7.01. The molecule has 0 aromatic heterocycles. The van der Waals surface area contributed by atoms with E-state index in [0.717, 1.165) is 0 Å². The predicted octanol–water partition coefficient (Wildman–Crippen LogP) is -0.940. The number of hydrogen-bond acceptors (Lipinski definition) is 5. The number of carbonyl (C=O) groups excluding carboxylic acids is 2. The zero-order valence-electron chi connectivity index (χ0n) is 5.16. The van der Waals surface area contributed by atoms with Gasteiger partial charge in [-0.15, -0.1) is 0 Å². The van der Waals surface area contributed by atoms with Gasteiger partial charge in [0.05, 0.1) is 0 Å². The Kier molecular flexibility index (Phi) is 2.22. The number of rotatable bonds is 0. The van der Waals surface area contributed by atoms with Crippen LogP contribution in [-0.2, 0) is 23.8 Å². The first-order valence-corrected chi connectivity index (χ1v) is 2.68. The van der Waals surface area contributed by atoms with Gasteiger partial charge in [0.15, 0.2) is 0 Å². The van der Waals surface area contributed by atoms with Gasteiger partial charge < -0.3 is 14.2 Å². The Balaban J connectivity index is 2.34. The molecular formula is C5H6O5. The Morgan fingerprint density at radius 3 is 2.00 bits per heavy atom. The Labute approximate surface area is 56.9 Å². The van der Waals surface area contributed by atoms with Crippen molar-refractivity contribution in [3.63, 3.8) is 0 Å². The fourth-order valence-corrected chi connectivity index (χ4v) is 0.462. The number of ether oxygens (including phenoxy) is 3. The van der Waals surface area contributed by atoms with Gasteiger partial charge in [0.1, 0.15) is 13.2 Å². The van der Waals surface area contributed by atoms with Crippen molar-refractivity contribution in [2.45, 2.75) is 0 Å². The molecule has 0 aromatic rings. The van der Waals surface area contributed by atoms with E-state index in [-0.39, 0.29) is 20.0 Å². The van der Waals surface area contributed by atoms with Crippen molar-refractivity contribution in [3.8, 4) is 0 Å². The Bertz CT molecular complexity index is 122.